The van der Waals surface area contributed by atoms with E-state index in [1.54, 1.807) is 0 Å². The normalized spacial score (nSPS) is 11.2. The van der Waals surface area contributed by atoms with Crippen molar-refractivity contribution < 1.29 is 32.2 Å². The van der Waals surface area contributed by atoms with Gasteiger partial charge in [0.2, 0.25) is 0 Å². The number of carbonyl (C=O) groups is 1. The van der Waals surface area contributed by atoms with E-state index in [0.29, 0.717) is 0 Å². The number of alkyl halides is 3. The van der Waals surface area contributed by atoms with Crippen LogP contribution in [-0.4, -0.2) is 26.0 Å². The van der Waals surface area contributed by atoms with E-state index in [2.05, 4.69) is 9.47 Å². The summed E-state index contributed by atoms with van der Waals surface area (Å²) in [6.45, 7) is 1.10. The van der Waals surface area contributed by atoms with Crippen molar-refractivity contribution in [2.24, 2.45) is 0 Å². The minimum atomic E-state index is -4.80. The van der Waals surface area contributed by atoms with Gasteiger partial charge in [0, 0.05) is 7.11 Å². The summed E-state index contributed by atoms with van der Waals surface area (Å²) in [6, 6.07) is 3.25. The molecule has 0 atom stereocenters. The quantitative estimate of drug-likeness (QED) is 0.606. The molecule has 4 nitrogen and oxygen atoms in total. The van der Waals surface area contributed by atoms with Crippen LogP contribution in [0.3, 0.4) is 0 Å². The zero-order valence-electron chi connectivity index (χ0n) is 9.71. The minimum Gasteiger partial charge on any atom is -0.467 e. The van der Waals surface area contributed by atoms with Crippen molar-refractivity contribution >= 4 is 5.78 Å². The lowest BCUT2D eigenvalue weighted by Gasteiger charge is -2.12. The van der Waals surface area contributed by atoms with Gasteiger partial charge in [0.05, 0.1) is 5.56 Å². The second-order valence-corrected chi connectivity index (χ2v) is 3.31. The van der Waals surface area contributed by atoms with Crippen LogP contribution in [-0.2, 0) is 4.74 Å². The number of carbonyl (C=O) groups excluding carboxylic acids is 1. The Kier molecular flexibility index (Phi) is 4.55. The third-order valence-corrected chi connectivity index (χ3v) is 1.90. The third kappa shape index (κ3) is 4.25. The number of hydrogen-bond donors (Lipinski definition) is 0. The molecular weight excluding hydrogens is 253 g/mol. The van der Waals surface area contributed by atoms with Gasteiger partial charge in [-0.2, -0.15) is 0 Å². The highest BCUT2D eigenvalue weighted by Gasteiger charge is 2.31. The van der Waals surface area contributed by atoms with E-state index >= 15 is 0 Å². The molecule has 0 saturated carbocycles. The van der Waals surface area contributed by atoms with E-state index in [1.807, 2.05) is 0 Å². The Morgan fingerprint density at radius 3 is 2.50 bits per heavy atom. The van der Waals surface area contributed by atoms with E-state index in [4.69, 9.17) is 4.74 Å². The van der Waals surface area contributed by atoms with E-state index in [-0.39, 0.29) is 18.1 Å². The van der Waals surface area contributed by atoms with Crippen molar-refractivity contribution in [1.82, 2.24) is 0 Å². The highest BCUT2D eigenvalue weighted by molar-refractivity contribution is 5.97. The second kappa shape index (κ2) is 5.72. The predicted molar refractivity (Wildman–Crippen MR) is 55.6 cm³/mol. The number of ether oxygens (including phenoxy) is 3. The summed E-state index contributed by atoms with van der Waals surface area (Å²) in [5.41, 5.74) is -0.00574. The summed E-state index contributed by atoms with van der Waals surface area (Å²) < 4.78 is 49.5. The lowest BCUT2D eigenvalue weighted by atomic mass is 10.1. The number of benzene rings is 1. The molecule has 0 aromatic heterocycles. The standard InChI is InChI=1S/C11H11F3O4/c1-7(15)9-5-8(18-11(12,13)14)3-4-10(9)17-6-16-2/h3-5H,6H2,1-2H3. The van der Waals surface area contributed by atoms with Gasteiger partial charge >= 0.3 is 6.36 Å². The summed E-state index contributed by atoms with van der Waals surface area (Å²) in [6.07, 6.45) is -4.80. The molecular formula is C11H11F3O4. The predicted octanol–water partition coefficient (Wildman–Crippen LogP) is 2.77. The minimum absolute atomic E-state index is 0.00574. The van der Waals surface area contributed by atoms with Gasteiger partial charge in [-0.15, -0.1) is 13.2 Å². The van der Waals surface area contributed by atoms with E-state index in [0.717, 1.165) is 12.1 Å². The molecule has 0 unspecified atom stereocenters. The first-order valence-corrected chi connectivity index (χ1v) is 4.86. The zero-order valence-corrected chi connectivity index (χ0v) is 9.71. The molecule has 0 aliphatic heterocycles. The van der Waals surface area contributed by atoms with Crippen LogP contribution < -0.4 is 9.47 Å². The number of methoxy groups -OCH3 is 1. The van der Waals surface area contributed by atoms with Gasteiger partial charge in [-0.05, 0) is 25.1 Å². The highest BCUT2D eigenvalue weighted by atomic mass is 19.4. The molecule has 18 heavy (non-hydrogen) atoms. The van der Waals surface area contributed by atoms with Gasteiger partial charge in [-0.1, -0.05) is 0 Å². The molecule has 0 fully saturated rings. The fraction of sp³-hybridized carbons (Fsp3) is 0.364. The van der Waals surface area contributed by atoms with Crippen LogP contribution in [0.4, 0.5) is 13.2 Å². The van der Waals surface area contributed by atoms with E-state index in [9.17, 15) is 18.0 Å². The molecule has 0 N–H and O–H groups in total. The Labute approximate surface area is 101 Å². The summed E-state index contributed by atoms with van der Waals surface area (Å²) in [4.78, 5) is 11.3. The first-order chi connectivity index (χ1) is 8.33. The molecule has 1 rings (SSSR count). The second-order valence-electron chi connectivity index (χ2n) is 3.31. The zero-order chi connectivity index (χ0) is 13.8. The first kappa shape index (κ1) is 14.3. The first-order valence-electron chi connectivity index (χ1n) is 4.86. The van der Waals surface area contributed by atoms with Crippen molar-refractivity contribution in [3.63, 3.8) is 0 Å². The summed E-state index contributed by atoms with van der Waals surface area (Å²) >= 11 is 0. The van der Waals surface area contributed by atoms with Crippen LogP contribution in [0.5, 0.6) is 11.5 Å². The monoisotopic (exact) mass is 264 g/mol. The van der Waals surface area contributed by atoms with Crippen molar-refractivity contribution in [3.8, 4) is 11.5 Å². The Morgan fingerprint density at radius 1 is 1.33 bits per heavy atom. The van der Waals surface area contributed by atoms with Gasteiger partial charge in [-0.25, -0.2) is 0 Å². The molecule has 1 aromatic carbocycles. The molecule has 7 heteroatoms. The molecule has 0 aliphatic carbocycles. The van der Waals surface area contributed by atoms with E-state index in [1.165, 1.54) is 20.1 Å². The molecule has 0 radical (unpaired) electrons. The molecule has 0 aliphatic rings. The average Bonchev–Trinajstić information content (AvgIpc) is 2.25. The smallest absolute Gasteiger partial charge is 0.467 e. The molecule has 100 valence electrons. The van der Waals surface area contributed by atoms with Gasteiger partial charge in [0.1, 0.15) is 11.5 Å². The summed E-state index contributed by atoms with van der Waals surface area (Å²) in [5, 5.41) is 0. The molecule has 1 aromatic rings. The highest BCUT2D eigenvalue weighted by Crippen LogP contribution is 2.28. The molecule has 0 heterocycles. The van der Waals surface area contributed by atoms with Gasteiger partial charge < -0.3 is 14.2 Å². The van der Waals surface area contributed by atoms with Gasteiger partial charge in [0.25, 0.3) is 0 Å². The maximum Gasteiger partial charge on any atom is 0.573 e. The van der Waals surface area contributed by atoms with Crippen LogP contribution in [0, 0.1) is 0 Å². The van der Waals surface area contributed by atoms with Crippen molar-refractivity contribution in [2.45, 2.75) is 13.3 Å². The Balaban J connectivity index is 2.99. The Hall–Kier alpha value is -1.76. The Morgan fingerprint density at radius 2 is 2.00 bits per heavy atom. The van der Waals surface area contributed by atoms with E-state index < -0.39 is 17.9 Å². The number of rotatable bonds is 5. The molecule has 0 spiro atoms. The summed E-state index contributed by atoms with van der Waals surface area (Å²) in [5.74, 6) is -0.773. The largest absolute Gasteiger partial charge is 0.573 e. The average molecular weight is 264 g/mol. The fourth-order valence-corrected chi connectivity index (χ4v) is 1.23. The van der Waals surface area contributed by atoms with Crippen molar-refractivity contribution in [1.29, 1.82) is 0 Å². The SMILES string of the molecule is COCOc1ccc(OC(F)(F)F)cc1C(C)=O. The van der Waals surface area contributed by atoms with Crippen molar-refractivity contribution in [3.05, 3.63) is 23.8 Å². The number of halogens is 3. The molecule has 0 amide bonds. The lowest BCUT2D eigenvalue weighted by Crippen LogP contribution is -2.17. The number of hydrogen-bond acceptors (Lipinski definition) is 4. The number of ketones is 1. The third-order valence-electron chi connectivity index (χ3n) is 1.90. The topological polar surface area (TPSA) is 44.8 Å². The Bertz CT molecular complexity index is 429. The van der Waals surface area contributed by atoms with Crippen LogP contribution in [0.15, 0.2) is 18.2 Å². The lowest BCUT2D eigenvalue weighted by molar-refractivity contribution is -0.274. The van der Waals surface area contributed by atoms with Crippen molar-refractivity contribution in [2.75, 3.05) is 13.9 Å². The maximum atomic E-state index is 12.0. The maximum absolute atomic E-state index is 12.0. The van der Waals surface area contributed by atoms with Crippen LogP contribution in [0.1, 0.15) is 17.3 Å². The van der Waals surface area contributed by atoms with Gasteiger partial charge in [-0.3, -0.25) is 4.79 Å². The van der Waals surface area contributed by atoms with Crippen LogP contribution in [0.2, 0.25) is 0 Å². The number of Topliss-reactive ketones (excluding diaryl/α,β-unsaturated/α-hetero) is 1. The van der Waals surface area contributed by atoms with Gasteiger partial charge in [0.15, 0.2) is 12.6 Å². The molecule has 0 saturated heterocycles. The fourth-order valence-electron chi connectivity index (χ4n) is 1.23. The summed E-state index contributed by atoms with van der Waals surface area (Å²) in [7, 11) is 1.38. The van der Waals surface area contributed by atoms with Crippen LogP contribution in [0.25, 0.3) is 0 Å². The van der Waals surface area contributed by atoms with Crippen LogP contribution >= 0.6 is 0 Å². The molecule has 0 bridgehead atoms.